The van der Waals surface area contributed by atoms with E-state index in [0.717, 1.165) is 4.90 Å². The number of allylic oxidation sites excluding steroid dienone is 6. The van der Waals surface area contributed by atoms with E-state index < -0.39 is 41.5 Å². The van der Waals surface area contributed by atoms with E-state index in [2.05, 4.69) is 15.9 Å². The van der Waals surface area contributed by atoms with Crippen LogP contribution in [0.5, 0.6) is 17.2 Å². The smallest absolute Gasteiger partial charge is 0.335 e. The zero-order valence-electron chi connectivity index (χ0n) is 22.4. The second-order valence-electron chi connectivity index (χ2n) is 10.5. The molecule has 0 saturated carbocycles. The van der Waals surface area contributed by atoms with Crippen LogP contribution in [0.4, 0.5) is 5.69 Å². The topological polar surface area (TPSA) is 148 Å². The van der Waals surface area contributed by atoms with Crippen molar-refractivity contribution in [2.24, 2.45) is 17.8 Å². The Bertz CT molecular complexity index is 1690. The van der Waals surface area contributed by atoms with Crippen LogP contribution in [0.15, 0.2) is 69.8 Å². The molecule has 1 fully saturated rings. The first-order chi connectivity index (χ1) is 20.1. The molecule has 2 amide bonds. The first-order valence-corrected chi connectivity index (χ1v) is 13.9. The Morgan fingerprint density at radius 3 is 2.33 bits per heavy atom. The molecule has 4 aliphatic rings. The van der Waals surface area contributed by atoms with Gasteiger partial charge in [-0.25, -0.2) is 4.79 Å². The van der Waals surface area contributed by atoms with Crippen LogP contribution in [0.3, 0.4) is 0 Å². The van der Waals surface area contributed by atoms with Crippen molar-refractivity contribution < 1.29 is 43.7 Å². The van der Waals surface area contributed by atoms with Gasteiger partial charge in [0.25, 0.3) is 0 Å². The number of rotatable bonds is 5. The van der Waals surface area contributed by atoms with Crippen LogP contribution in [-0.2, 0) is 19.2 Å². The maximum Gasteiger partial charge on any atom is 0.335 e. The lowest BCUT2D eigenvalue weighted by Crippen LogP contribution is -2.39. The van der Waals surface area contributed by atoms with Gasteiger partial charge in [-0.15, -0.1) is 0 Å². The van der Waals surface area contributed by atoms with Crippen molar-refractivity contribution in [2.75, 3.05) is 19.1 Å². The fourth-order valence-corrected chi connectivity index (χ4v) is 7.15. The third kappa shape index (κ3) is 4.02. The highest BCUT2D eigenvalue weighted by Gasteiger charge is 2.56. The monoisotopic (exact) mass is 633 g/mol. The number of phenolic OH excluding ortho intramolecular Hbond substituents is 1. The number of phenols is 1. The van der Waals surface area contributed by atoms with Crippen LogP contribution in [0.25, 0.3) is 0 Å². The van der Waals surface area contributed by atoms with E-state index in [-0.39, 0.29) is 68.5 Å². The van der Waals surface area contributed by atoms with Crippen LogP contribution in [0.1, 0.15) is 34.7 Å². The standard InChI is InChI=1S/C31H24BrNO9/c1-41-22-9-14(10-23(42-2)28(22)36)24-16-6-7-17-25(18(16)11-19-26(24)21(34)12-20(32)27(19)35)30(38)33(29(17)37)15-5-3-4-13(8-15)31(39)40/h3-6,8-10,12,17-18,24-25,36H,7,11H2,1-2H3,(H,39,40). The van der Waals surface area contributed by atoms with Gasteiger partial charge < -0.3 is 19.7 Å². The van der Waals surface area contributed by atoms with Crippen LogP contribution in [0, 0.1) is 17.8 Å². The molecule has 4 unspecified atom stereocenters. The van der Waals surface area contributed by atoms with Gasteiger partial charge in [-0.3, -0.25) is 24.1 Å². The summed E-state index contributed by atoms with van der Waals surface area (Å²) in [6.45, 7) is 0. The van der Waals surface area contributed by atoms with E-state index in [4.69, 9.17) is 9.47 Å². The van der Waals surface area contributed by atoms with E-state index in [9.17, 15) is 34.2 Å². The van der Waals surface area contributed by atoms with E-state index >= 15 is 0 Å². The lowest BCUT2D eigenvalue weighted by atomic mass is 9.59. The van der Waals surface area contributed by atoms with Crippen molar-refractivity contribution in [1.29, 1.82) is 0 Å². The number of ether oxygens (including phenoxy) is 2. The van der Waals surface area contributed by atoms with Gasteiger partial charge in [0.05, 0.1) is 41.8 Å². The number of carbonyl (C=O) groups is 5. The average Bonchev–Trinajstić information content (AvgIpc) is 3.24. The number of benzene rings is 2. The summed E-state index contributed by atoms with van der Waals surface area (Å²) in [6, 6.07) is 8.78. The van der Waals surface area contributed by atoms with Crippen molar-refractivity contribution in [3.8, 4) is 17.2 Å². The molecule has 214 valence electrons. The number of hydrogen-bond donors (Lipinski definition) is 2. The highest BCUT2D eigenvalue weighted by Crippen LogP contribution is 2.56. The molecular formula is C31H24BrNO9. The third-order valence-electron chi connectivity index (χ3n) is 8.52. The fraction of sp³-hybridized carbons (Fsp3) is 0.258. The van der Waals surface area contributed by atoms with Crippen LogP contribution >= 0.6 is 15.9 Å². The summed E-state index contributed by atoms with van der Waals surface area (Å²) >= 11 is 3.20. The number of hydrogen-bond acceptors (Lipinski definition) is 8. The maximum absolute atomic E-state index is 14.0. The van der Waals surface area contributed by atoms with Crippen molar-refractivity contribution in [3.63, 3.8) is 0 Å². The van der Waals surface area contributed by atoms with Crippen molar-refractivity contribution in [2.45, 2.75) is 18.8 Å². The number of imide groups is 1. The third-order valence-corrected chi connectivity index (χ3v) is 9.11. The number of Topliss-reactive ketones (excluding diaryl/α,β-unsaturated/α-hetero) is 1. The first kappa shape index (κ1) is 27.6. The van der Waals surface area contributed by atoms with Gasteiger partial charge in [0, 0.05) is 23.1 Å². The summed E-state index contributed by atoms with van der Waals surface area (Å²) in [5, 5.41) is 20.0. The van der Waals surface area contributed by atoms with E-state index in [1.54, 1.807) is 12.1 Å². The zero-order valence-corrected chi connectivity index (χ0v) is 24.0. The van der Waals surface area contributed by atoms with Crippen LogP contribution in [-0.4, -0.2) is 53.8 Å². The van der Waals surface area contributed by atoms with Gasteiger partial charge in [-0.05, 0) is 70.6 Å². The quantitative estimate of drug-likeness (QED) is 0.282. The molecule has 2 N–H and O–H groups in total. The van der Waals surface area contributed by atoms with Crippen molar-refractivity contribution >= 4 is 51.0 Å². The van der Waals surface area contributed by atoms with Gasteiger partial charge in [0.1, 0.15) is 0 Å². The van der Waals surface area contributed by atoms with Crippen LogP contribution in [0.2, 0.25) is 0 Å². The number of carbonyl (C=O) groups excluding carboxylic acids is 4. The molecule has 42 heavy (non-hydrogen) atoms. The molecular weight excluding hydrogens is 610 g/mol. The maximum atomic E-state index is 14.0. The summed E-state index contributed by atoms with van der Waals surface area (Å²) < 4.78 is 10.8. The second kappa shape index (κ2) is 10.1. The Balaban J connectivity index is 1.50. The Morgan fingerprint density at radius 1 is 1.00 bits per heavy atom. The number of methoxy groups -OCH3 is 2. The Hall–Kier alpha value is -4.51. The number of amides is 2. The molecule has 2 aromatic rings. The largest absolute Gasteiger partial charge is 0.502 e. The Kier molecular flexibility index (Phi) is 6.64. The number of ketones is 2. The number of anilines is 1. The van der Waals surface area contributed by atoms with Gasteiger partial charge in [0.2, 0.25) is 17.6 Å². The molecule has 2 aromatic carbocycles. The van der Waals surface area contributed by atoms with Gasteiger partial charge in [-0.2, -0.15) is 0 Å². The highest BCUT2D eigenvalue weighted by atomic mass is 79.9. The molecule has 0 bridgehead atoms. The summed E-state index contributed by atoms with van der Waals surface area (Å²) in [5.74, 6) is -5.83. The number of carboxylic acid groups (broad SMARTS) is 1. The molecule has 4 atom stereocenters. The number of nitrogens with zero attached hydrogens (tertiary/aromatic N) is 1. The van der Waals surface area contributed by atoms with E-state index in [1.165, 1.54) is 44.6 Å². The summed E-state index contributed by atoms with van der Waals surface area (Å²) in [4.78, 5) is 67.1. The average molecular weight is 634 g/mol. The number of aromatic hydroxyl groups is 1. The Labute approximate surface area is 248 Å². The molecule has 3 aliphatic carbocycles. The van der Waals surface area contributed by atoms with Crippen molar-refractivity contribution in [3.05, 3.63) is 80.9 Å². The second-order valence-corrected chi connectivity index (χ2v) is 11.4. The molecule has 11 heteroatoms. The fourth-order valence-electron chi connectivity index (χ4n) is 6.70. The minimum atomic E-state index is -1.19. The normalized spacial score (nSPS) is 25.0. The SMILES string of the molecule is COc1cc(C2C3=CCC4C(=O)N(c5cccc(C(=O)O)c5)C(=O)C4C3CC3=C2C(=O)C=C(Br)C3=O)cc(OC)c1O. The first-order valence-electron chi connectivity index (χ1n) is 13.1. The summed E-state index contributed by atoms with van der Waals surface area (Å²) in [5.41, 5.74) is 1.84. The molecule has 0 aromatic heterocycles. The molecule has 0 radical (unpaired) electrons. The lowest BCUT2D eigenvalue weighted by Gasteiger charge is -2.42. The molecule has 1 aliphatic heterocycles. The summed E-state index contributed by atoms with van der Waals surface area (Å²) in [6.07, 6.45) is 3.38. The van der Waals surface area contributed by atoms with Crippen molar-refractivity contribution in [1.82, 2.24) is 0 Å². The Morgan fingerprint density at radius 2 is 1.69 bits per heavy atom. The zero-order chi connectivity index (χ0) is 30.0. The predicted octanol–water partition coefficient (Wildman–Crippen LogP) is 4.07. The molecule has 0 spiro atoms. The highest BCUT2D eigenvalue weighted by molar-refractivity contribution is 9.12. The van der Waals surface area contributed by atoms with E-state index in [1.807, 2.05) is 6.08 Å². The number of aromatic carboxylic acids is 1. The number of fused-ring (bicyclic) bond motifs is 3. The van der Waals surface area contributed by atoms with Crippen LogP contribution < -0.4 is 14.4 Å². The molecule has 10 nitrogen and oxygen atoms in total. The molecule has 1 saturated heterocycles. The minimum absolute atomic E-state index is 0.0625. The lowest BCUT2D eigenvalue weighted by molar-refractivity contribution is -0.123. The molecule has 1 heterocycles. The van der Waals surface area contributed by atoms with Gasteiger partial charge in [0.15, 0.2) is 23.1 Å². The van der Waals surface area contributed by atoms with E-state index in [0.29, 0.717) is 11.1 Å². The molecule has 6 rings (SSSR count). The predicted molar refractivity (Wildman–Crippen MR) is 152 cm³/mol. The summed E-state index contributed by atoms with van der Waals surface area (Å²) in [7, 11) is 2.76. The minimum Gasteiger partial charge on any atom is -0.502 e. The number of carboxylic acids is 1. The van der Waals surface area contributed by atoms with Gasteiger partial charge in [-0.1, -0.05) is 17.7 Å². The van der Waals surface area contributed by atoms with Gasteiger partial charge >= 0.3 is 5.97 Å². The number of halogens is 1.